The van der Waals surface area contributed by atoms with Crippen LogP contribution in [-0.4, -0.2) is 5.78 Å². The zero-order valence-corrected chi connectivity index (χ0v) is 8.11. The molecule has 0 aromatic heterocycles. The predicted molar refractivity (Wildman–Crippen MR) is 50.9 cm³/mol. The second-order valence-electron chi connectivity index (χ2n) is 4.31. The SMILES string of the molecule is C=C1C=C(C)CC(=O)C(C)(C)C1. The third-order valence-corrected chi connectivity index (χ3v) is 2.31. The maximum Gasteiger partial charge on any atom is 0.142 e. The molecule has 0 aliphatic heterocycles. The molecular weight excluding hydrogens is 148 g/mol. The van der Waals surface area contributed by atoms with Crippen LogP contribution in [0.3, 0.4) is 0 Å². The number of hydrogen-bond donors (Lipinski definition) is 0. The van der Waals surface area contributed by atoms with Crippen LogP contribution in [0.5, 0.6) is 0 Å². The molecule has 1 aliphatic carbocycles. The van der Waals surface area contributed by atoms with Gasteiger partial charge in [0.1, 0.15) is 5.78 Å². The molecule has 0 bridgehead atoms. The summed E-state index contributed by atoms with van der Waals surface area (Å²) in [6, 6.07) is 0. The lowest BCUT2D eigenvalue weighted by molar-refractivity contribution is -0.126. The Hall–Kier alpha value is -0.850. The summed E-state index contributed by atoms with van der Waals surface area (Å²) in [5.41, 5.74) is 1.99. The van der Waals surface area contributed by atoms with E-state index in [2.05, 4.69) is 6.58 Å². The largest absolute Gasteiger partial charge is 0.299 e. The zero-order chi connectivity index (χ0) is 9.35. The van der Waals surface area contributed by atoms with Gasteiger partial charge in [-0.15, -0.1) is 0 Å². The van der Waals surface area contributed by atoms with Crippen molar-refractivity contribution in [3.05, 3.63) is 23.8 Å². The fourth-order valence-corrected chi connectivity index (χ4v) is 1.61. The fourth-order valence-electron chi connectivity index (χ4n) is 1.61. The molecule has 66 valence electrons. The summed E-state index contributed by atoms with van der Waals surface area (Å²) in [6.45, 7) is 9.90. The van der Waals surface area contributed by atoms with Crippen molar-refractivity contribution in [1.82, 2.24) is 0 Å². The number of hydrogen-bond acceptors (Lipinski definition) is 1. The maximum absolute atomic E-state index is 11.6. The van der Waals surface area contributed by atoms with E-state index in [0.717, 1.165) is 17.6 Å². The van der Waals surface area contributed by atoms with Crippen LogP contribution in [0.15, 0.2) is 23.8 Å². The van der Waals surface area contributed by atoms with E-state index in [4.69, 9.17) is 0 Å². The molecule has 0 fully saturated rings. The summed E-state index contributed by atoms with van der Waals surface area (Å²) in [5.74, 6) is 0.329. The van der Waals surface area contributed by atoms with Crippen LogP contribution in [0.25, 0.3) is 0 Å². The Bertz CT molecular complexity index is 256. The molecule has 1 rings (SSSR count). The number of allylic oxidation sites excluding steroid dienone is 3. The van der Waals surface area contributed by atoms with Gasteiger partial charge in [0.2, 0.25) is 0 Å². The van der Waals surface area contributed by atoms with E-state index >= 15 is 0 Å². The highest BCUT2D eigenvalue weighted by atomic mass is 16.1. The molecule has 0 aromatic rings. The van der Waals surface area contributed by atoms with Crippen LogP contribution >= 0.6 is 0 Å². The molecule has 0 radical (unpaired) electrons. The molecule has 0 atom stereocenters. The van der Waals surface area contributed by atoms with Crippen molar-refractivity contribution in [3.8, 4) is 0 Å². The minimum absolute atomic E-state index is 0.217. The van der Waals surface area contributed by atoms with Crippen LogP contribution in [0.1, 0.15) is 33.6 Å². The van der Waals surface area contributed by atoms with Crippen LogP contribution in [0.2, 0.25) is 0 Å². The Labute approximate surface area is 74.2 Å². The third-order valence-electron chi connectivity index (χ3n) is 2.31. The van der Waals surface area contributed by atoms with Gasteiger partial charge in [-0.2, -0.15) is 0 Å². The normalized spacial score (nSPS) is 23.4. The van der Waals surface area contributed by atoms with Gasteiger partial charge in [-0.25, -0.2) is 0 Å². The zero-order valence-electron chi connectivity index (χ0n) is 8.11. The van der Waals surface area contributed by atoms with E-state index in [-0.39, 0.29) is 5.41 Å². The van der Waals surface area contributed by atoms with E-state index in [9.17, 15) is 4.79 Å². The molecule has 0 aromatic carbocycles. The summed E-state index contributed by atoms with van der Waals surface area (Å²) in [6.07, 6.45) is 3.42. The Morgan fingerprint density at radius 3 is 2.67 bits per heavy atom. The molecule has 1 aliphatic rings. The van der Waals surface area contributed by atoms with E-state index in [1.165, 1.54) is 0 Å². The first-order valence-electron chi connectivity index (χ1n) is 4.30. The standard InChI is InChI=1S/C11H16O/c1-8-5-9(2)7-11(3,4)10(12)6-8/h5H,2,6-7H2,1,3-4H3. The molecule has 0 saturated carbocycles. The minimum atomic E-state index is -0.217. The fraction of sp³-hybridized carbons (Fsp3) is 0.545. The molecule has 0 heterocycles. The van der Waals surface area contributed by atoms with Crippen molar-refractivity contribution in [2.24, 2.45) is 5.41 Å². The van der Waals surface area contributed by atoms with Crippen molar-refractivity contribution < 1.29 is 4.79 Å². The number of Topliss-reactive ketones (excluding diaryl/α,β-unsaturated/α-hetero) is 1. The van der Waals surface area contributed by atoms with E-state index in [1.54, 1.807) is 0 Å². The highest BCUT2D eigenvalue weighted by molar-refractivity contribution is 5.87. The minimum Gasteiger partial charge on any atom is -0.299 e. The molecule has 1 nitrogen and oxygen atoms in total. The van der Waals surface area contributed by atoms with Crippen LogP contribution < -0.4 is 0 Å². The van der Waals surface area contributed by atoms with Gasteiger partial charge in [-0.3, -0.25) is 4.79 Å². The third kappa shape index (κ3) is 1.84. The van der Waals surface area contributed by atoms with Crippen molar-refractivity contribution in [2.45, 2.75) is 33.6 Å². The first-order chi connectivity index (χ1) is 5.42. The Morgan fingerprint density at radius 1 is 1.50 bits per heavy atom. The number of rotatable bonds is 0. The molecule has 0 spiro atoms. The molecule has 0 saturated heterocycles. The van der Waals surface area contributed by atoms with Gasteiger partial charge in [0.05, 0.1) is 0 Å². The Kier molecular flexibility index (Phi) is 2.22. The average molecular weight is 164 g/mol. The maximum atomic E-state index is 11.6. The lowest BCUT2D eigenvalue weighted by Crippen LogP contribution is -2.23. The van der Waals surface area contributed by atoms with Gasteiger partial charge < -0.3 is 0 Å². The lowest BCUT2D eigenvalue weighted by atomic mass is 9.82. The van der Waals surface area contributed by atoms with Crippen LogP contribution in [0, 0.1) is 5.41 Å². The second kappa shape index (κ2) is 2.89. The van der Waals surface area contributed by atoms with Gasteiger partial charge in [-0.05, 0) is 13.3 Å². The first-order valence-corrected chi connectivity index (χ1v) is 4.30. The molecule has 0 unspecified atom stereocenters. The van der Waals surface area contributed by atoms with Crippen LogP contribution in [-0.2, 0) is 4.79 Å². The first kappa shape index (κ1) is 9.24. The van der Waals surface area contributed by atoms with Gasteiger partial charge in [-0.1, -0.05) is 37.6 Å². The van der Waals surface area contributed by atoms with Crippen LogP contribution in [0.4, 0.5) is 0 Å². The summed E-state index contributed by atoms with van der Waals surface area (Å²) in [5, 5.41) is 0. The van der Waals surface area contributed by atoms with Gasteiger partial charge in [0, 0.05) is 11.8 Å². The topological polar surface area (TPSA) is 17.1 Å². The molecule has 1 heteroatoms. The number of ketones is 1. The van der Waals surface area contributed by atoms with E-state index in [1.807, 2.05) is 26.8 Å². The molecule has 0 N–H and O–H groups in total. The number of carbonyl (C=O) groups is 1. The van der Waals surface area contributed by atoms with Gasteiger partial charge in [0.25, 0.3) is 0 Å². The van der Waals surface area contributed by atoms with Crippen molar-refractivity contribution in [1.29, 1.82) is 0 Å². The predicted octanol–water partition coefficient (Wildman–Crippen LogP) is 2.88. The monoisotopic (exact) mass is 164 g/mol. The van der Waals surface area contributed by atoms with Crippen molar-refractivity contribution >= 4 is 5.78 Å². The Balaban J connectivity index is 2.94. The summed E-state index contributed by atoms with van der Waals surface area (Å²) in [7, 11) is 0. The van der Waals surface area contributed by atoms with Gasteiger partial charge in [0.15, 0.2) is 0 Å². The Morgan fingerprint density at radius 2 is 2.08 bits per heavy atom. The van der Waals surface area contributed by atoms with Crippen molar-refractivity contribution in [2.75, 3.05) is 0 Å². The number of carbonyl (C=O) groups excluding carboxylic acids is 1. The highest BCUT2D eigenvalue weighted by Crippen LogP contribution is 2.32. The summed E-state index contributed by atoms with van der Waals surface area (Å²) in [4.78, 5) is 11.6. The van der Waals surface area contributed by atoms with E-state index in [0.29, 0.717) is 12.2 Å². The smallest absolute Gasteiger partial charge is 0.142 e. The highest BCUT2D eigenvalue weighted by Gasteiger charge is 2.29. The molecular formula is C11H16O. The lowest BCUT2D eigenvalue weighted by Gasteiger charge is -2.20. The second-order valence-corrected chi connectivity index (χ2v) is 4.31. The summed E-state index contributed by atoms with van der Waals surface area (Å²) >= 11 is 0. The van der Waals surface area contributed by atoms with Gasteiger partial charge >= 0.3 is 0 Å². The quantitative estimate of drug-likeness (QED) is 0.538. The summed E-state index contributed by atoms with van der Waals surface area (Å²) < 4.78 is 0. The van der Waals surface area contributed by atoms with E-state index < -0.39 is 0 Å². The average Bonchev–Trinajstić information content (AvgIpc) is 1.89. The van der Waals surface area contributed by atoms with Crippen molar-refractivity contribution in [3.63, 3.8) is 0 Å². The molecule has 0 amide bonds. The molecule has 12 heavy (non-hydrogen) atoms.